The Balaban J connectivity index is 2.16. The summed E-state index contributed by atoms with van der Waals surface area (Å²) in [6.45, 7) is 0.393. The number of aromatic amines is 1. The summed E-state index contributed by atoms with van der Waals surface area (Å²) < 4.78 is 0.750. The third-order valence-corrected chi connectivity index (χ3v) is 2.32. The van der Waals surface area contributed by atoms with Crippen LogP contribution in [-0.2, 0) is 6.42 Å². The minimum Gasteiger partial charge on any atom is -0.427 e. The molecule has 2 N–H and O–H groups in total. The van der Waals surface area contributed by atoms with Crippen molar-refractivity contribution in [2.75, 3.05) is 6.54 Å². The number of hydrogen-bond acceptors (Lipinski definition) is 5. The summed E-state index contributed by atoms with van der Waals surface area (Å²) in [6.07, 6.45) is 5.04. The molecule has 94 valence electrons. The molecule has 18 heavy (non-hydrogen) atoms. The van der Waals surface area contributed by atoms with Crippen molar-refractivity contribution < 1.29 is 10.1 Å². The average Bonchev–Trinajstić information content (AvgIpc) is 2.84. The van der Waals surface area contributed by atoms with Gasteiger partial charge in [0.2, 0.25) is 0 Å². The highest BCUT2D eigenvalue weighted by molar-refractivity contribution is 5.25. The molecule has 8 heteroatoms. The van der Waals surface area contributed by atoms with Crippen molar-refractivity contribution in [1.29, 1.82) is 0 Å². The van der Waals surface area contributed by atoms with Crippen LogP contribution in [0.4, 0.5) is 5.69 Å². The Labute approximate surface area is 101 Å². The maximum atomic E-state index is 10.6. The van der Waals surface area contributed by atoms with Crippen LogP contribution in [0.15, 0.2) is 35.8 Å². The van der Waals surface area contributed by atoms with Crippen LogP contribution in [0, 0.1) is 10.1 Å². The van der Waals surface area contributed by atoms with Gasteiger partial charge in [-0.3, -0.25) is 15.1 Å². The molecule has 0 saturated heterocycles. The normalized spacial score (nSPS) is 11.7. The van der Waals surface area contributed by atoms with Gasteiger partial charge in [0.05, 0.1) is 23.5 Å². The van der Waals surface area contributed by atoms with E-state index in [-0.39, 0.29) is 11.2 Å². The van der Waals surface area contributed by atoms with Crippen molar-refractivity contribution in [1.82, 2.24) is 14.7 Å². The lowest BCUT2D eigenvalue weighted by molar-refractivity contribution is -0.385. The van der Waals surface area contributed by atoms with Crippen molar-refractivity contribution in [2.45, 2.75) is 6.42 Å². The molecule has 0 aliphatic carbocycles. The minimum atomic E-state index is -0.534. The van der Waals surface area contributed by atoms with Gasteiger partial charge in [-0.05, 0) is 0 Å². The predicted octanol–water partition coefficient (Wildman–Crippen LogP) is 0.500. The molecule has 2 aromatic rings. The largest absolute Gasteiger partial charge is 0.427 e. The SMILES string of the molecule is O=[N+]([O-])c1ccn(O)c(=NCCc2cnc[nH]2)c1. The molecule has 0 radical (unpaired) electrons. The number of imidazole rings is 1. The first-order chi connectivity index (χ1) is 8.66. The van der Waals surface area contributed by atoms with Crippen LogP contribution in [0.25, 0.3) is 0 Å². The van der Waals surface area contributed by atoms with Crippen molar-refractivity contribution in [3.05, 3.63) is 52.1 Å². The zero-order valence-corrected chi connectivity index (χ0v) is 9.35. The zero-order valence-electron chi connectivity index (χ0n) is 9.35. The van der Waals surface area contributed by atoms with Crippen LogP contribution < -0.4 is 5.49 Å². The number of H-pyrrole nitrogens is 1. The van der Waals surface area contributed by atoms with Crippen molar-refractivity contribution in [3.63, 3.8) is 0 Å². The van der Waals surface area contributed by atoms with Gasteiger partial charge < -0.3 is 10.2 Å². The quantitative estimate of drug-likeness (QED) is 0.467. The molecule has 0 aromatic carbocycles. The highest BCUT2D eigenvalue weighted by Crippen LogP contribution is 2.04. The van der Waals surface area contributed by atoms with Crippen LogP contribution in [0.5, 0.6) is 0 Å². The van der Waals surface area contributed by atoms with E-state index in [4.69, 9.17) is 0 Å². The van der Waals surface area contributed by atoms with E-state index in [1.165, 1.54) is 18.3 Å². The summed E-state index contributed by atoms with van der Waals surface area (Å²) in [7, 11) is 0. The molecule has 0 saturated carbocycles. The number of hydrogen-bond donors (Lipinski definition) is 2. The highest BCUT2D eigenvalue weighted by atomic mass is 16.6. The molecular formula is C10H11N5O3. The Bertz CT molecular complexity index is 602. The number of nitrogens with zero attached hydrogens (tertiary/aromatic N) is 4. The maximum absolute atomic E-state index is 10.6. The monoisotopic (exact) mass is 249 g/mol. The van der Waals surface area contributed by atoms with E-state index in [1.807, 2.05) is 0 Å². The lowest BCUT2D eigenvalue weighted by Gasteiger charge is -1.98. The third kappa shape index (κ3) is 2.73. The number of rotatable bonds is 4. The maximum Gasteiger partial charge on any atom is 0.274 e. The first-order valence-electron chi connectivity index (χ1n) is 5.21. The predicted molar refractivity (Wildman–Crippen MR) is 61.0 cm³/mol. The van der Waals surface area contributed by atoms with Gasteiger partial charge >= 0.3 is 0 Å². The molecule has 0 unspecified atom stereocenters. The van der Waals surface area contributed by atoms with Gasteiger partial charge in [0.15, 0.2) is 5.49 Å². The second-order valence-corrected chi connectivity index (χ2v) is 3.55. The lowest BCUT2D eigenvalue weighted by atomic mass is 10.3. The Morgan fingerprint density at radius 2 is 2.44 bits per heavy atom. The van der Waals surface area contributed by atoms with Crippen molar-refractivity contribution in [2.24, 2.45) is 4.99 Å². The molecule has 8 nitrogen and oxygen atoms in total. The first kappa shape index (κ1) is 11.8. The van der Waals surface area contributed by atoms with Crippen LogP contribution in [0.1, 0.15) is 5.69 Å². The fourth-order valence-electron chi connectivity index (χ4n) is 1.41. The molecule has 0 spiro atoms. The molecule has 0 atom stereocenters. The Morgan fingerprint density at radius 1 is 1.61 bits per heavy atom. The van der Waals surface area contributed by atoms with E-state index in [1.54, 1.807) is 12.5 Å². The summed E-state index contributed by atoms with van der Waals surface area (Å²) >= 11 is 0. The number of aromatic nitrogens is 3. The number of nitro groups is 1. The lowest BCUT2D eigenvalue weighted by Crippen LogP contribution is -2.19. The first-order valence-corrected chi connectivity index (χ1v) is 5.21. The summed E-state index contributed by atoms with van der Waals surface area (Å²) in [5, 5.41) is 20.0. The summed E-state index contributed by atoms with van der Waals surface area (Å²) in [5.41, 5.74) is 0.943. The highest BCUT2D eigenvalue weighted by Gasteiger charge is 2.05. The summed E-state index contributed by atoms with van der Waals surface area (Å²) in [4.78, 5) is 20.9. The van der Waals surface area contributed by atoms with Crippen molar-refractivity contribution >= 4 is 5.69 Å². The smallest absolute Gasteiger partial charge is 0.274 e. The van der Waals surface area contributed by atoms with Gasteiger partial charge in [0.1, 0.15) is 0 Å². The van der Waals surface area contributed by atoms with E-state index in [9.17, 15) is 15.3 Å². The molecule has 2 heterocycles. The third-order valence-electron chi connectivity index (χ3n) is 2.32. The molecule has 0 aliphatic rings. The van der Waals surface area contributed by atoms with Gasteiger partial charge in [-0.2, -0.15) is 4.73 Å². The molecule has 0 bridgehead atoms. The topological polar surface area (TPSA) is 109 Å². The van der Waals surface area contributed by atoms with E-state index < -0.39 is 4.92 Å². The minimum absolute atomic E-state index is 0.111. The van der Waals surface area contributed by atoms with E-state index in [0.717, 1.165) is 10.4 Å². The van der Waals surface area contributed by atoms with Gasteiger partial charge in [0.25, 0.3) is 5.69 Å². The second-order valence-electron chi connectivity index (χ2n) is 3.55. The van der Waals surface area contributed by atoms with E-state index in [2.05, 4.69) is 15.0 Å². The van der Waals surface area contributed by atoms with Gasteiger partial charge in [-0.15, -0.1) is 0 Å². The standard InChI is InChI=1S/C10H11N5O3/c16-14-4-2-9(15(17)18)5-10(14)12-3-1-8-6-11-7-13-8/h2,4-7,16H,1,3H2,(H,11,13). The van der Waals surface area contributed by atoms with E-state index in [0.29, 0.717) is 13.0 Å². The number of nitrogens with one attached hydrogen (secondary N) is 1. The van der Waals surface area contributed by atoms with Gasteiger partial charge in [-0.1, -0.05) is 0 Å². The molecule has 0 amide bonds. The van der Waals surface area contributed by atoms with Crippen LogP contribution in [-0.4, -0.2) is 31.4 Å². The molecule has 2 rings (SSSR count). The Hall–Kier alpha value is -2.64. The average molecular weight is 249 g/mol. The van der Waals surface area contributed by atoms with Crippen molar-refractivity contribution in [3.8, 4) is 0 Å². The number of pyridine rings is 1. The second kappa shape index (κ2) is 5.13. The van der Waals surface area contributed by atoms with Crippen LogP contribution in [0.3, 0.4) is 0 Å². The fraction of sp³-hybridized carbons (Fsp3) is 0.200. The molecular weight excluding hydrogens is 238 g/mol. The van der Waals surface area contributed by atoms with Gasteiger partial charge in [-0.25, -0.2) is 4.98 Å². The van der Waals surface area contributed by atoms with Crippen LogP contribution in [0.2, 0.25) is 0 Å². The summed E-state index contributed by atoms with van der Waals surface area (Å²) in [5.74, 6) is 0. The zero-order chi connectivity index (χ0) is 13.0. The molecule has 2 aromatic heterocycles. The van der Waals surface area contributed by atoms with Crippen LogP contribution >= 0.6 is 0 Å². The Kier molecular flexibility index (Phi) is 3.37. The van der Waals surface area contributed by atoms with Gasteiger partial charge in [0, 0.05) is 30.9 Å². The molecule has 0 fully saturated rings. The summed E-state index contributed by atoms with van der Waals surface area (Å²) in [6, 6.07) is 2.42. The Morgan fingerprint density at radius 3 is 3.11 bits per heavy atom. The van der Waals surface area contributed by atoms with E-state index >= 15 is 0 Å². The fourth-order valence-corrected chi connectivity index (χ4v) is 1.41. The molecule has 0 aliphatic heterocycles.